The van der Waals surface area contributed by atoms with Crippen molar-refractivity contribution in [1.29, 1.82) is 0 Å². The summed E-state index contributed by atoms with van der Waals surface area (Å²) in [4.78, 5) is -0.0266. The molecule has 0 unspecified atom stereocenters. The van der Waals surface area contributed by atoms with E-state index >= 15 is 0 Å². The topological polar surface area (TPSA) is 57.6 Å². The average Bonchev–Trinajstić information content (AvgIpc) is 2.30. The van der Waals surface area contributed by atoms with Gasteiger partial charge in [0, 0.05) is 18.1 Å². The van der Waals surface area contributed by atoms with Gasteiger partial charge in [0.1, 0.15) is 4.90 Å². The van der Waals surface area contributed by atoms with Crippen LogP contribution in [0.25, 0.3) is 0 Å². The fraction of sp³-hybridized carbons (Fsp3) is 0.455. The molecule has 0 atom stereocenters. The number of hydrogen-bond acceptors (Lipinski definition) is 3. The van der Waals surface area contributed by atoms with E-state index in [2.05, 4.69) is 0 Å². The molecule has 18 heavy (non-hydrogen) atoms. The van der Waals surface area contributed by atoms with E-state index in [1.165, 1.54) is 16.4 Å². The van der Waals surface area contributed by atoms with Gasteiger partial charge in [-0.15, -0.1) is 0 Å². The second-order valence-electron chi connectivity index (χ2n) is 3.62. The molecule has 1 N–H and O–H groups in total. The number of sulfonamides is 1. The van der Waals surface area contributed by atoms with Gasteiger partial charge in [0.2, 0.25) is 10.0 Å². The van der Waals surface area contributed by atoms with Crippen molar-refractivity contribution in [1.82, 2.24) is 4.31 Å². The van der Waals surface area contributed by atoms with Crippen molar-refractivity contribution in [3.63, 3.8) is 0 Å². The van der Waals surface area contributed by atoms with Crippen molar-refractivity contribution in [2.45, 2.75) is 25.3 Å². The SMILES string of the molecule is CCN(CC)S(=O)(=O)c1cc(CO)c(Cl)cc1Cl. The van der Waals surface area contributed by atoms with E-state index < -0.39 is 10.0 Å². The number of hydrogen-bond donors (Lipinski definition) is 1. The van der Waals surface area contributed by atoms with Crippen LogP contribution >= 0.6 is 23.2 Å². The van der Waals surface area contributed by atoms with E-state index in [0.29, 0.717) is 18.7 Å². The zero-order valence-electron chi connectivity index (χ0n) is 10.2. The molecule has 0 saturated heterocycles. The van der Waals surface area contributed by atoms with Crippen molar-refractivity contribution < 1.29 is 13.5 Å². The molecule has 0 aliphatic rings. The second-order valence-corrected chi connectivity index (χ2v) is 6.34. The van der Waals surface area contributed by atoms with E-state index in [1.54, 1.807) is 13.8 Å². The Bertz CT molecular complexity index is 527. The summed E-state index contributed by atoms with van der Waals surface area (Å²) < 4.78 is 25.9. The van der Waals surface area contributed by atoms with Crippen LogP contribution in [0.15, 0.2) is 17.0 Å². The maximum atomic E-state index is 12.3. The lowest BCUT2D eigenvalue weighted by molar-refractivity contribution is 0.281. The Balaban J connectivity index is 3.41. The molecule has 0 aliphatic carbocycles. The lowest BCUT2D eigenvalue weighted by Crippen LogP contribution is -2.30. The van der Waals surface area contributed by atoms with Crippen LogP contribution < -0.4 is 0 Å². The Kier molecular flexibility index (Phi) is 5.43. The van der Waals surface area contributed by atoms with Crippen LogP contribution in [0.3, 0.4) is 0 Å². The second kappa shape index (κ2) is 6.21. The highest BCUT2D eigenvalue weighted by molar-refractivity contribution is 7.89. The normalized spacial score (nSPS) is 12.1. The van der Waals surface area contributed by atoms with Gasteiger partial charge in [0.15, 0.2) is 0 Å². The summed E-state index contributed by atoms with van der Waals surface area (Å²) in [6, 6.07) is 2.66. The van der Waals surface area contributed by atoms with E-state index in [0.717, 1.165) is 0 Å². The minimum Gasteiger partial charge on any atom is -0.392 e. The molecule has 0 aliphatic heterocycles. The standard InChI is InChI=1S/C11H15Cl2NO3S/c1-3-14(4-2)18(16,17)11-5-8(7-15)9(12)6-10(11)13/h5-6,15H,3-4,7H2,1-2H3. The number of nitrogens with zero attached hydrogens (tertiary/aromatic N) is 1. The Hall–Kier alpha value is -0.330. The van der Waals surface area contributed by atoms with Gasteiger partial charge in [0.05, 0.1) is 11.6 Å². The van der Waals surface area contributed by atoms with Crippen LogP contribution in [0.5, 0.6) is 0 Å². The molecule has 1 aromatic rings. The third-order valence-electron chi connectivity index (χ3n) is 2.59. The third-order valence-corrected chi connectivity index (χ3v) is 5.46. The maximum Gasteiger partial charge on any atom is 0.244 e. The van der Waals surface area contributed by atoms with Crippen LogP contribution in [0.4, 0.5) is 0 Å². The molecular formula is C11H15Cl2NO3S. The average molecular weight is 312 g/mol. The van der Waals surface area contributed by atoms with Crippen LogP contribution in [0.1, 0.15) is 19.4 Å². The smallest absolute Gasteiger partial charge is 0.244 e. The van der Waals surface area contributed by atoms with Gasteiger partial charge in [-0.3, -0.25) is 0 Å². The van der Waals surface area contributed by atoms with E-state index in [-0.39, 0.29) is 21.5 Å². The monoisotopic (exact) mass is 311 g/mol. The third kappa shape index (κ3) is 2.97. The van der Waals surface area contributed by atoms with Crippen molar-refractivity contribution in [3.05, 3.63) is 27.7 Å². The zero-order chi connectivity index (χ0) is 13.9. The Morgan fingerprint density at radius 2 is 1.72 bits per heavy atom. The first-order valence-electron chi connectivity index (χ1n) is 5.47. The van der Waals surface area contributed by atoms with Crippen LogP contribution in [0, 0.1) is 0 Å². The number of aliphatic hydroxyl groups excluding tert-OH is 1. The minimum absolute atomic E-state index is 0.0266. The molecule has 102 valence electrons. The molecule has 1 aromatic carbocycles. The lowest BCUT2D eigenvalue weighted by atomic mass is 10.2. The van der Waals surface area contributed by atoms with Crippen molar-refractivity contribution in [2.24, 2.45) is 0 Å². The molecule has 0 saturated carbocycles. The fourth-order valence-electron chi connectivity index (χ4n) is 1.59. The van der Waals surface area contributed by atoms with Crippen LogP contribution in [0.2, 0.25) is 10.0 Å². The maximum absolute atomic E-state index is 12.3. The van der Waals surface area contributed by atoms with E-state index in [1.807, 2.05) is 0 Å². The Morgan fingerprint density at radius 1 is 1.17 bits per heavy atom. The van der Waals surface area contributed by atoms with Crippen molar-refractivity contribution in [2.75, 3.05) is 13.1 Å². The zero-order valence-corrected chi connectivity index (χ0v) is 12.5. The molecule has 7 heteroatoms. The summed E-state index contributed by atoms with van der Waals surface area (Å²) in [6.07, 6.45) is 0. The molecule has 0 fully saturated rings. The Labute approximate surface area is 117 Å². The molecule has 4 nitrogen and oxygen atoms in total. The molecule has 0 bridgehead atoms. The minimum atomic E-state index is -3.65. The summed E-state index contributed by atoms with van der Waals surface area (Å²) in [5.74, 6) is 0. The molecule has 0 radical (unpaired) electrons. The van der Waals surface area contributed by atoms with E-state index in [4.69, 9.17) is 28.3 Å². The molecule has 0 spiro atoms. The molecule has 0 aromatic heterocycles. The van der Waals surface area contributed by atoms with Crippen LogP contribution in [-0.4, -0.2) is 30.9 Å². The van der Waals surface area contributed by atoms with Gasteiger partial charge in [-0.2, -0.15) is 4.31 Å². The highest BCUT2D eigenvalue weighted by atomic mass is 35.5. The van der Waals surface area contributed by atoms with Gasteiger partial charge >= 0.3 is 0 Å². The predicted molar refractivity (Wildman–Crippen MR) is 72.5 cm³/mol. The molecule has 1 rings (SSSR count). The first-order chi connectivity index (χ1) is 8.38. The summed E-state index contributed by atoms with van der Waals surface area (Å²) in [6.45, 7) is 3.87. The van der Waals surface area contributed by atoms with Gasteiger partial charge in [0.25, 0.3) is 0 Å². The predicted octanol–water partition coefficient (Wildman–Crippen LogP) is 2.52. The highest BCUT2D eigenvalue weighted by Gasteiger charge is 2.25. The van der Waals surface area contributed by atoms with Crippen LogP contribution in [-0.2, 0) is 16.6 Å². The number of halogens is 2. The summed E-state index contributed by atoms with van der Waals surface area (Å²) in [5, 5.41) is 9.43. The van der Waals surface area contributed by atoms with Crippen molar-refractivity contribution >= 4 is 33.2 Å². The molecule has 0 heterocycles. The molecule has 0 amide bonds. The largest absolute Gasteiger partial charge is 0.392 e. The fourth-order valence-corrected chi connectivity index (χ4v) is 3.88. The van der Waals surface area contributed by atoms with Gasteiger partial charge in [-0.1, -0.05) is 37.0 Å². The van der Waals surface area contributed by atoms with Crippen molar-refractivity contribution in [3.8, 4) is 0 Å². The summed E-state index contributed by atoms with van der Waals surface area (Å²) in [7, 11) is -3.65. The number of rotatable bonds is 5. The summed E-state index contributed by atoms with van der Waals surface area (Å²) in [5.41, 5.74) is 0.340. The van der Waals surface area contributed by atoms with Gasteiger partial charge in [-0.05, 0) is 17.7 Å². The Morgan fingerprint density at radius 3 is 2.17 bits per heavy atom. The van der Waals surface area contributed by atoms with E-state index in [9.17, 15) is 8.42 Å². The first-order valence-corrected chi connectivity index (χ1v) is 7.67. The van der Waals surface area contributed by atoms with Gasteiger partial charge in [-0.25, -0.2) is 8.42 Å². The lowest BCUT2D eigenvalue weighted by Gasteiger charge is -2.19. The molecular weight excluding hydrogens is 297 g/mol. The highest BCUT2D eigenvalue weighted by Crippen LogP contribution is 2.30. The number of benzene rings is 1. The summed E-state index contributed by atoms with van der Waals surface area (Å²) >= 11 is 11.8. The quantitative estimate of drug-likeness (QED) is 0.909. The number of aliphatic hydroxyl groups is 1. The van der Waals surface area contributed by atoms with Gasteiger partial charge < -0.3 is 5.11 Å². The first kappa shape index (κ1) is 15.7.